The number of anilines is 1. The highest BCUT2D eigenvalue weighted by atomic mass is 16.3. The summed E-state index contributed by atoms with van der Waals surface area (Å²) in [4.78, 5) is 0. The second-order valence-corrected chi connectivity index (χ2v) is 5.71. The molecule has 2 N–H and O–H groups in total. The van der Waals surface area contributed by atoms with Gasteiger partial charge in [-0.25, -0.2) is 0 Å². The molecule has 1 aliphatic rings. The van der Waals surface area contributed by atoms with Gasteiger partial charge in [-0.3, -0.25) is 0 Å². The Hall–Kier alpha value is -1.02. The number of hydrogen-bond donors (Lipinski definition) is 2. The van der Waals surface area contributed by atoms with E-state index in [2.05, 4.69) is 44.3 Å². The first kappa shape index (κ1) is 12.4. The van der Waals surface area contributed by atoms with Crippen molar-refractivity contribution in [2.75, 3.05) is 18.5 Å². The highest BCUT2D eigenvalue weighted by Crippen LogP contribution is 2.45. The van der Waals surface area contributed by atoms with Gasteiger partial charge in [0.25, 0.3) is 0 Å². The molecule has 1 aromatic carbocycles. The topological polar surface area (TPSA) is 32.3 Å². The van der Waals surface area contributed by atoms with Crippen LogP contribution in [0.25, 0.3) is 0 Å². The summed E-state index contributed by atoms with van der Waals surface area (Å²) in [6, 6.07) is 6.46. The Labute approximate surface area is 104 Å². The van der Waals surface area contributed by atoms with Crippen molar-refractivity contribution in [1.29, 1.82) is 0 Å². The van der Waals surface area contributed by atoms with E-state index in [-0.39, 0.29) is 5.41 Å². The van der Waals surface area contributed by atoms with Crippen LogP contribution >= 0.6 is 0 Å². The predicted octanol–water partition coefficient (Wildman–Crippen LogP) is 3.30. The highest BCUT2D eigenvalue weighted by Gasteiger charge is 2.41. The molecule has 1 aromatic rings. The smallest absolute Gasteiger partial charge is 0.0504 e. The number of nitrogens with one attached hydrogen (secondary N) is 1. The minimum absolute atomic E-state index is 0.163. The minimum Gasteiger partial charge on any atom is -0.396 e. The average molecular weight is 233 g/mol. The predicted molar refractivity (Wildman–Crippen MR) is 72.5 cm³/mol. The van der Waals surface area contributed by atoms with E-state index in [1.54, 1.807) is 0 Å². The molecule has 0 atom stereocenters. The molecule has 17 heavy (non-hydrogen) atoms. The summed E-state index contributed by atoms with van der Waals surface area (Å²) >= 11 is 0. The molecule has 0 bridgehead atoms. The summed E-state index contributed by atoms with van der Waals surface area (Å²) < 4.78 is 0. The fourth-order valence-corrected chi connectivity index (χ4v) is 2.26. The lowest BCUT2D eigenvalue weighted by Crippen LogP contribution is -2.20. The summed E-state index contributed by atoms with van der Waals surface area (Å²) in [7, 11) is 0. The van der Waals surface area contributed by atoms with Crippen LogP contribution in [-0.2, 0) is 0 Å². The zero-order valence-electron chi connectivity index (χ0n) is 11.1. The van der Waals surface area contributed by atoms with Gasteiger partial charge >= 0.3 is 0 Å². The summed E-state index contributed by atoms with van der Waals surface area (Å²) in [6.07, 6.45) is 2.30. The minimum atomic E-state index is 0.163. The Morgan fingerprint density at radius 3 is 2.59 bits per heavy atom. The van der Waals surface area contributed by atoms with Crippen molar-refractivity contribution in [3.8, 4) is 0 Å². The van der Waals surface area contributed by atoms with E-state index in [1.165, 1.54) is 16.8 Å². The van der Waals surface area contributed by atoms with Crippen LogP contribution < -0.4 is 5.32 Å². The number of hydrogen-bond acceptors (Lipinski definition) is 2. The van der Waals surface area contributed by atoms with E-state index in [9.17, 15) is 5.11 Å². The Kier molecular flexibility index (Phi) is 3.43. The van der Waals surface area contributed by atoms with Crippen molar-refractivity contribution in [3.05, 3.63) is 29.3 Å². The van der Waals surface area contributed by atoms with Gasteiger partial charge in [-0.15, -0.1) is 0 Å². The molecule has 0 aliphatic heterocycles. The molecule has 1 saturated carbocycles. The molecule has 0 radical (unpaired) electrons. The lowest BCUT2D eigenvalue weighted by Gasteiger charge is -2.20. The van der Waals surface area contributed by atoms with Gasteiger partial charge in [0.15, 0.2) is 0 Å². The third-order valence-electron chi connectivity index (χ3n) is 3.86. The first-order valence-electron chi connectivity index (χ1n) is 6.52. The molecule has 0 aromatic heterocycles. The summed E-state index contributed by atoms with van der Waals surface area (Å²) in [5.74, 6) is 0.529. The number of rotatable bonds is 5. The van der Waals surface area contributed by atoms with Crippen molar-refractivity contribution in [2.24, 2.45) is 5.41 Å². The Bertz CT molecular complexity index is 394. The maximum Gasteiger partial charge on any atom is 0.0504 e. The standard InChI is InChI=1S/C15H23NO/c1-11(2)13-6-4-5-12(3)14(13)16-9-15(10-17)7-8-15/h4-6,11,16-17H,7-10H2,1-3H3. The van der Waals surface area contributed by atoms with Gasteiger partial charge in [-0.1, -0.05) is 32.0 Å². The third kappa shape index (κ3) is 2.63. The van der Waals surface area contributed by atoms with Crippen molar-refractivity contribution >= 4 is 5.69 Å². The zero-order valence-corrected chi connectivity index (χ0v) is 11.1. The number of aryl methyl sites for hydroxylation is 1. The first-order valence-corrected chi connectivity index (χ1v) is 6.52. The van der Waals surface area contributed by atoms with Gasteiger partial charge in [-0.05, 0) is 36.8 Å². The maximum absolute atomic E-state index is 9.34. The molecule has 0 unspecified atom stereocenters. The highest BCUT2D eigenvalue weighted by molar-refractivity contribution is 5.58. The summed E-state index contributed by atoms with van der Waals surface area (Å²) in [5.41, 5.74) is 4.10. The van der Waals surface area contributed by atoms with E-state index >= 15 is 0 Å². The summed E-state index contributed by atoms with van der Waals surface area (Å²) in [5, 5.41) is 12.9. The van der Waals surface area contributed by atoms with Gasteiger partial charge in [0, 0.05) is 17.6 Å². The zero-order chi connectivity index (χ0) is 12.5. The van der Waals surface area contributed by atoms with Crippen molar-refractivity contribution < 1.29 is 5.11 Å². The van der Waals surface area contributed by atoms with E-state index in [0.29, 0.717) is 12.5 Å². The molecule has 0 heterocycles. The normalized spacial score (nSPS) is 17.2. The Morgan fingerprint density at radius 2 is 2.06 bits per heavy atom. The molecule has 0 amide bonds. The van der Waals surface area contributed by atoms with Crippen molar-refractivity contribution in [3.63, 3.8) is 0 Å². The molecule has 0 saturated heterocycles. The molecule has 2 nitrogen and oxygen atoms in total. The van der Waals surface area contributed by atoms with Crippen LogP contribution in [0.1, 0.15) is 43.7 Å². The quantitative estimate of drug-likeness (QED) is 0.818. The monoisotopic (exact) mass is 233 g/mol. The fraction of sp³-hybridized carbons (Fsp3) is 0.600. The van der Waals surface area contributed by atoms with Crippen LogP contribution in [0.3, 0.4) is 0 Å². The molecule has 2 rings (SSSR count). The average Bonchev–Trinajstić information content (AvgIpc) is 3.08. The van der Waals surface area contributed by atoms with E-state index < -0.39 is 0 Å². The molecular formula is C15H23NO. The summed E-state index contributed by atoms with van der Waals surface area (Å²) in [6.45, 7) is 7.79. The van der Waals surface area contributed by atoms with Crippen LogP contribution in [-0.4, -0.2) is 18.3 Å². The molecule has 2 heteroatoms. The van der Waals surface area contributed by atoms with Crippen molar-refractivity contribution in [1.82, 2.24) is 0 Å². The SMILES string of the molecule is Cc1cccc(C(C)C)c1NCC1(CO)CC1. The molecule has 1 aliphatic carbocycles. The second-order valence-electron chi connectivity index (χ2n) is 5.71. The van der Waals surface area contributed by atoms with Gasteiger partial charge in [0.05, 0.1) is 6.61 Å². The van der Waals surface area contributed by atoms with Gasteiger partial charge in [0.1, 0.15) is 0 Å². The van der Waals surface area contributed by atoms with E-state index in [0.717, 1.165) is 19.4 Å². The number of para-hydroxylation sites is 1. The van der Waals surface area contributed by atoms with Crippen LogP contribution in [0.4, 0.5) is 5.69 Å². The van der Waals surface area contributed by atoms with Crippen LogP contribution in [0.5, 0.6) is 0 Å². The van der Waals surface area contributed by atoms with Gasteiger partial charge in [-0.2, -0.15) is 0 Å². The number of benzene rings is 1. The van der Waals surface area contributed by atoms with Crippen LogP contribution in [0.2, 0.25) is 0 Å². The Balaban J connectivity index is 2.14. The second kappa shape index (κ2) is 4.69. The lowest BCUT2D eigenvalue weighted by atomic mass is 9.97. The molecule has 94 valence electrons. The largest absolute Gasteiger partial charge is 0.396 e. The third-order valence-corrected chi connectivity index (χ3v) is 3.86. The first-order chi connectivity index (χ1) is 8.08. The Morgan fingerprint density at radius 1 is 1.35 bits per heavy atom. The fourth-order valence-electron chi connectivity index (χ4n) is 2.26. The lowest BCUT2D eigenvalue weighted by molar-refractivity contribution is 0.219. The van der Waals surface area contributed by atoms with E-state index in [4.69, 9.17) is 0 Å². The number of aliphatic hydroxyl groups excluding tert-OH is 1. The van der Waals surface area contributed by atoms with E-state index in [1.807, 2.05) is 0 Å². The molecular weight excluding hydrogens is 210 g/mol. The van der Waals surface area contributed by atoms with Crippen LogP contribution in [0.15, 0.2) is 18.2 Å². The van der Waals surface area contributed by atoms with Gasteiger partial charge in [0.2, 0.25) is 0 Å². The van der Waals surface area contributed by atoms with Crippen LogP contribution in [0, 0.1) is 12.3 Å². The maximum atomic E-state index is 9.34. The number of aliphatic hydroxyl groups is 1. The molecule has 0 spiro atoms. The van der Waals surface area contributed by atoms with Gasteiger partial charge < -0.3 is 10.4 Å². The van der Waals surface area contributed by atoms with Crippen molar-refractivity contribution in [2.45, 2.75) is 39.5 Å². The molecule has 1 fully saturated rings.